The van der Waals surface area contributed by atoms with Crippen molar-refractivity contribution in [3.63, 3.8) is 0 Å². The molecule has 1 aromatic heterocycles. The molecule has 1 rings (SSSR count). The van der Waals surface area contributed by atoms with Crippen LogP contribution in [-0.2, 0) is 0 Å². The predicted molar refractivity (Wildman–Crippen MR) is 58.5 cm³/mol. The first kappa shape index (κ1) is 11.5. The summed E-state index contributed by atoms with van der Waals surface area (Å²) in [6.45, 7) is 1.83. The standard InChI is InChI=1S/C11H15N3O/c1-4-5-6-9(12-2)10-7-11(15-3)14-8-13-10/h7-9,12H,6H2,1-3H3. The Labute approximate surface area is 90.1 Å². The largest absolute Gasteiger partial charge is 0.481 e. The molecule has 0 amide bonds. The van der Waals surface area contributed by atoms with Gasteiger partial charge in [-0.15, -0.1) is 11.8 Å². The summed E-state index contributed by atoms with van der Waals surface area (Å²) in [5.41, 5.74) is 0.895. The zero-order valence-electron chi connectivity index (χ0n) is 9.24. The molecule has 0 spiro atoms. The Hall–Kier alpha value is -1.60. The smallest absolute Gasteiger partial charge is 0.216 e. The maximum absolute atomic E-state index is 5.04. The Bertz CT molecular complexity index is 368. The second kappa shape index (κ2) is 5.99. The summed E-state index contributed by atoms with van der Waals surface area (Å²) in [7, 11) is 3.48. The molecule has 1 atom stereocenters. The molecule has 15 heavy (non-hydrogen) atoms. The highest BCUT2D eigenvalue weighted by molar-refractivity contribution is 5.18. The first-order valence-electron chi connectivity index (χ1n) is 4.74. The zero-order valence-corrected chi connectivity index (χ0v) is 9.24. The fourth-order valence-corrected chi connectivity index (χ4v) is 1.21. The van der Waals surface area contributed by atoms with Crippen molar-refractivity contribution < 1.29 is 4.74 Å². The molecule has 4 nitrogen and oxygen atoms in total. The van der Waals surface area contributed by atoms with Crippen molar-refractivity contribution in [3.05, 3.63) is 18.1 Å². The molecule has 0 radical (unpaired) electrons. The first-order chi connectivity index (χ1) is 7.31. The lowest BCUT2D eigenvalue weighted by atomic mass is 10.1. The van der Waals surface area contributed by atoms with Crippen molar-refractivity contribution in [3.8, 4) is 17.7 Å². The van der Waals surface area contributed by atoms with Gasteiger partial charge in [0, 0.05) is 12.5 Å². The molecule has 4 heteroatoms. The molecule has 1 aromatic rings. The van der Waals surface area contributed by atoms with Gasteiger partial charge in [-0.1, -0.05) is 0 Å². The quantitative estimate of drug-likeness (QED) is 0.749. The highest BCUT2D eigenvalue weighted by Crippen LogP contribution is 2.16. The van der Waals surface area contributed by atoms with Crippen LogP contribution in [0.2, 0.25) is 0 Å². The molecule has 0 saturated heterocycles. The fraction of sp³-hybridized carbons (Fsp3) is 0.455. The number of hydrogen-bond acceptors (Lipinski definition) is 4. The lowest BCUT2D eigenvalue weighted by molar-refractivity contribution is 0.394. The summed E-state index contributed by atoms with van der Waals surface area (Å²) in [5, 5.41) is 3.16. The van der Waals surface area contributed by atoms with Gasteiger partial charge in [-0.3, -0.25) is 0 Å². The van der Waals surface area contributed by atoms with Crippen LogP contribution in [0.25, 0.3) is 0 Å². The number of hydrogen-bond donors (Lipinski definition) is 1. The van der Waals surface area contributed by atoms with E-state index >= 15 is 0 Å². The molecular weight excluding hydrogens is 190 g/mol. The molecule has 0 aliphatic carbocycles. The average molecular weight is 205 g/mol. The molecule has 1 unspecified atom stereocenters. The summed E-state index contributed by atoms with van der Waals surface area (Å²) >= 11 is 0. The highest BCUT2D eigenvalue weighted by Gasteiger charge is 2.10. The van der Waals surface area contributed by atoms with Crippen molar-refractivity contribution in [2.45, 2.75) is 19.4 Å². The maximum Gasteiger partial charge on any atom is 0.216 e. The first-order valence-corrected chi connectivity index (χ1v) is 4.74. The monoisotopic (exact) mass is 205 g/mol. The topological polar surface area (TPSA) is 47.0 Å². The number of methoxy groups -OCH3 is 1. The lowest BCUT2D eigenvalue weighted by Gasteiger charge is -2.12. The summed E-state index contributed by atoms with van der Waals surface area (Å²) in [6.07, 6.45) is 2.23. The van der Waals surface area contributed by atoms with Gasteiger partial charge in [0.1, 0.15) is 6.33 Å². The Balaban J connectivity index is 2.84. The molecule has 80 valence electrons. The Morgan fingerprint density at radius 2 is 2.33 bits per heavy atom. The van der Waals surface area contributed by atoms with Gasteiger partial charge < -0.3 is 10.1 Å². The minimum Gasteiger partial charge on any atom is -0.481 e. The summed E-state index contributed by atoms with van der Waals surface area (Å²) in [4.78, 5) is 8.15. The van der Waals surface area contributed by atoms with Crippen LogP contribution in [0.15, 0.2) is 12.4 Å². The van der Waals surface area contributed by atoms with E-state index in [4.69, 9.17) is 4.74 Å². The van der Waals surface area contributed by atoms with Gasteiger partial charge in [0.25, 0.3) is 0 Å². The van der Waals surface area contributed by atoms with E-state index in [2.05, 4.69) is 27.1 Å². The van der Waals surface area contributed by atoms with E-state index in [0.717, 1.165) is 12.1 Å². The van der Waals surface area contributed by atoms with Crippen molar-refractivity contribution in [2.24, 2.45) is 0 Å². The summed E-state index contributed by atoms with van der Waals surface area (Å²) in [5.74, 6) is 6.46. The molecule has 0 aliphatic rings. The van der Waals surface area contributed by atoms with Gasteiger partial charge in [0.2, 0.25) is 5.88 Å². The minimum absolute atomic E-state index is 0.120. The number of ether oxygens (including phenoxy) is 1. The van der Waals surface area contributed by atoms with E-state index in [1.807, 2.05) is 20.0 Å². The zero-order chi connectivity index (χ0) is 11.1. The van der Waals surface area contributed by atoms with Gasteiger partial charge in [-0.05, 0) is 14.0 Å². The molecule has 0 aliphatic heterocycles. The van der Waals surface area contributed by atoms with Crippen LogP contribution in [-0.4, -0.2) is 24.1 Å². The van der Waals surface area contributed by atoms with E-state index in [1.54, 1.807) is 7.11 Å². The van der Waals surface area contributed by atoms with E-state index < -0.39 is 0 Å². The Morgan fingerprint density at radius 1 is 1.53 bits per heavy atom. The van der Waals surface area contributed by atoms with Gasteiger partial charge in [0.05, 0.1) is 18.8 Å². The van der Waals surface area contributed by atoms with Crippen molar-refractivity contribution in [1.29, 1.82) is 0 Å². The van der Waals surface area contributed by atoms with Crippen LogP contribution in [0.1, 0.15) is 25.1 Å². The second-order valence-electron chi connectivity index (χ2n) is 2.96. The number of rotatable bonds is 4. The summed E-state index contributed by atoms with van der Waals surface area (Å²) in [6, 6.07) is 1.94. The maximum atomic E-state index is 5.04. The van der Waals surface area contributed by atoms with Crippen LogP contribution < -0.4 is 10.1 Å². The highest BCUT2D eigenvalue weighted by atomic mass is 16.5. The third-order valence-electron chi connectivity index (χ3n) is 2.06. The van der Waals surface area contributed by atoms with Gasteiger partial charge in [-0.25, -0.2) is 9.97 Å². The van der Waals surface area contributed by atoms with Crippen molar-refractivity contribution >= 4 is 0 Å². The van der Waals surface area contributed by atoms with Gasteiger partial charge in [0.15, 0.2) is 0 Å². The summed E-state index contributed by atoms with van der Waals surface area (Å²) < 4.78 is 5.04. The number of aromatic nitrogens is 2. The van der Waals surface area contributed by atoms with E-state index in [9.17, 15) is 0 Å². The molecule has 0 saturated carbocycles. The van der Waals surface area contributed by atoms with Crippen LogP contribution >= 0.6 is 0 Å². The number of nitrogens with one attached hydrogen (secondary N) is 1. The average Bonchev–Trinajstić information content (AvgIpc) is 2.30. The molecule has 0 aromatic carbocycles. The van der Waals surface area contributed by atoms with Crippen molar-refractivity contribution in [1.82, 2.24) is 15.3 Å². The van der Waals surface area contributed by atoms with Crippen LogP contribution in [0, 0.1) is 11.8 Å². The predicted octanol–water partition coefficient (Wildman–Crippen LogP) is 1.16. The lowest BCUT2D eigenvalue weighted by Crippen LogP contribution is -2.17. The number of nitrogens with zero attached hydrogens (tertiary/aromatic N) is 2. The molecule has 0 fully saturated rings. The SMILES string of the molecule is CC#CCC(NC)c1cc(OC)ncn1. The van der Waals surface area contributed by atoms with Gasteiger partial charge in [-0.2, -0.15) is 0 Å². The Morgan fingerprint density at radius 3 is 2.93 bits per heavy atom. The molecular formula is C11H15N3O. The third-order valence-corrected chi connectivity index (χ3v) is 2.06. The van der Waals surface area contributed by atoms with Gasteiger partial charge >= 0.3 is 0 Å². The Kier molecular flexibility index (Phi) is 4.58. The minimum atomic E-state index is 0.120. The molecule has 0 bridgehead atoms. The van der Waals surface area contributed by atoms with Crippen LogP contribution in [0.3, 0.4) is 0 Å². The van der Waals surface area contributed by atoms with Crippen LogP contribution in [0.4, 0.5) is 0 Å². The second-order valence-corrected chi connectivity index (χ2v) is 2.96. The fourth-order valence-electron chi connectivity index (χ4n) is 1.21. The van der Waals surface area contributed by atoms with E-state index in [-0.39, 0.29) is 6.04 Å². The van der Waals surface area contributed by atoms with Crippen LogP contribution in [0.5, 0.6) is 5.88 Å². The van der Waals surface area contributed by atoms with Crippen molar-refractivity contribution in [2.75, 3.05) is 14.2 Å². The van der Waals surface area contributed by atoms with E-state index in [1.165, 1.54) is 6.33 Å². The molecule has 1 heterocycles. The normalized spacial score (nSPS) is 11.4. The third kappa shape index (κ3) is 3.22. The molecule has 1 N–H and O–H groups in total. The van der Waals surface area contributed by atoms with E-state index in [0.29, 0.717) is 5.88 Å².